The van der Waals surface area contributed by atoms with Gasteiger partial charge in [0.05, 0.1) is 11.9 Å². The van der Waals surface area contributed by atoms with Gasteiger partial charge in [-0.1, -0.05) is 13.0 Å². The lowest BCUT2D eigenvalue weighted by Gasteiger charge is -2.32. The van der Waals surface area contributed by atoms with Crippen molar-refractivity contribution in [3.63, 3.8) is 0 Å². The van der Waals surface area contributed by atoms with E-state index in [0.717, 1.165) is 18.5 Å². The Labute approximate surface area is 169 Å². The van der Waals surface area contributed by atoms with Crippen LogP contribution in [0.3, 0.4) is 0 Å². The van der Waals surface area contributed by atoms with Crippen LogP contribution in [0.1, 0.15) is 53.5 Å². The van der Waals surface area contributed by atoms with E-state index in [1.165, 1.54) is 0 Å². The monoisotopic (exact) mass is 392 g/mol. The van der Waals surface area contributed by atoms with E-state index in [1.807, 2.05) is 36.9 Å². The Balaban J connectivity index is 1.49. The first-order chi connectivity index (χ1) is 14.1. The summed E-state index contributed by atoms with van der Waals surface area (Å²) in [5.41, 5.74) is 1.61. The Bertz CT molecular complexity index is 988. The van der Waals surface area contributed by atoms with E-state index in [9.17, 15) is 4.79 Å². The van der Waals surface area contributed by atoms with E-state index >= 15 is 0 Å². The SMILES string of the molecule is CCc1nc(C)c(C(=O)N2CCC[C@@H](c3cccc(Nc4cnccn4)n3)C2)o1. The van der Waals surface area contributed by atoms with Crippen LogP contribution in [0, 0.1) is 6.92 Å². The van der Waals surface area contributed by atoms with Crippen molar-refractivity contribution in [1.29, 1.82) is 0 Å². The number of aromatic nitrogens is 4. The predicted octanol–water partition coefficient (Wildman–Crippen LogP) is 3.49. The molecule has 29 heavy (non-hydrogen) atoms. The van der Waals surface area contributed by atoms with Crippen LogP contribution in [0.25, 0.3) is 0 Å². The molecular weight excluding hydrogens is 368 g/mol. The molecule has 0 radical (unpaired) electrons. The minimum absolute atomic E-state index is 0.0896. The quantitative estimate of drug-likeness (QED) is 0.710. The number of rotatable bonds is 5. The summed E-state index contributed by atoms with van der Waals surface area (Å²) in [5, 5.41) is 3.17. The molecule has 4 rings (SSSR count). The van der Waals surface area contributed by atoms with Crippen LogP contribution in [0.2, 0.25) is 0 Å². The summed E-state index contributed by atoms with van der Waals surface area (Å²) < 4.78 is 5.66. The van der Waals surface area contributed by atoms with Gasteiger partial charge in [-0.3, -0.25) is 9.78 Å². The van der Waals surface area contributed by atoms with Gasteiger partial charge in [-0.2, -0.15) is 0 Å². The molecule has 0 unspecified atom stereocenters. The van der Waals surface area contributed by atoms with Crippen molar-refractivity contribution in [2.75, 3.05) is 18.4 Å². The molecule has 0 aromatic carbocycles. The number of oxazole rings is 1. The molecule has 150 valence electrons. The number of amides is 1. The zero-order valence-corrected chi connectivity index (χ0v) is 16.6. The predicted molar refractivity (Wildman–Crippen MR) is 108 cm³/mol. The lowest BCUT2D eigenvalue weighted by Crippen LogP contribution is -2.39. The number of hydrogen-bond donors (Lipinski definition) is 1. The number of anilines is 2. The summed E-state index contributed by atoms with van der Waals surface area (Å²) in [6.07, 6.45) is 7.50. The maximum absolute atomic E-state index is 13.0. The fourth-order valence-corrected chi connectivity index (χ4v) is 3.59. The van der Waals surface area contributed by atoms with Crippen LogP contribution in [-0.2, 0) is 6.42 Å². The van der Waals surface area contributed by atoms with E-state index in [1.54, 1.807) is 18.6 Å². The molecule has 1 saturated heterocycles. The third-order valence-electron chi connectivity index (χ3n) is 5.05. The number of aryl methyl sites for hydroxylation is 2. The molecule has 1 atom stereocenters. The molecule has 4 heterocycles. The molecule has 0 saturated carbocycles. The van der Waals surface area contributed by atoms with E-state index in [0.29, 0.717) is 48.5 Å². The fourth-order valence-electron chi connectivity index (χ4n) is 3.59. The molecule has 3 aromatic heterocycles. The molecule has 1 aliphatic rings. The summed E-state index contributed by atoms with van der Waals surface area (Å²) in [4.78, 5) is 32.2. The van der Waals surface area contributed by atoms with Crippen LogP contribution in [0.15, 0.2) is 41.2 Å². The van der Waals surface area contributed by atoms with Crippen molar-refractivity contribution < 1.29 is 9.21 Å². The number of nitrogens with one attached hydrogen (secondary N) is 1. The second-order valence-electron chi connectivity index (χ2n) is 7.13. The highest BCUT2D eigenvalue weighted by Gasteiger charge is 2.29. The van der Waals surface area contributed by atoms with Gasteiger partial charge in [0, 0.05) is 43.5 Å². The number of carbonyl (C=O) groups excluding carboxylic acids is 1. The number of carbonyl (C=O) groups is 1. The van der Waals surface area contributed by atoms with Gasteiger partial charge in [-0.15, -0.1) is 0 Å². The summed E-state index contributed by atoms with van der Waals surface area (Å²) in [6, 6.07) is 5.87. The average Bonchev–Trinajstić information content (AvgIpc) is 3.15. The standard InChI is InChI=1S/C21H24N6O2/c1-3-19-24-14(2)20(29-19)21(28)27-11-5-6-15(13-27)16-7-4-8-17(25-16)26-18-12-22-9-10-23-18/h4,7-10,12,15H,3,5-6,11,13H2,1-2H3,(H,23,25,26)/t15-/m1/s1. The van der Waals surface area contributed by atoms with E-state index in [4.69, 9.17) is 9.40 Å². The van der Waals surface area contributed by atoms with Gasteiger partial charge < -0.3 is 14.6 Å². The van der Waals surface area contributed by atoms with Crippen molar-refractivity contribution in [3.8, 4) is 0 Å². The Kier molecular flexibility index (Phi) is 5.50. The summed E-state index contributed by atoms with van der Waals surface area (Å²) in [6.45, 7) is 5.11. The second kappa shape index (κ2) is 8.38. The lowest BCUT2D eigenvalue weighted by atomic mass is 9.94. The molecule has 8 nitrogen and oxygen atoms in total. The van der Waals surface area contributed by atoms with Crippen molar-refractivity contribution in [3.05, 3.63) is 59.8 Å². The van der Waals surface area contributed by atoms with Crippen LogP contribution >= 0.6 is 0 Å². The molecule has 1 fully saturated rings. The van der Waals surface area contributed by atoms with Crippen molar-refractivity contribution in [2.45, 2.75) is 39.0 Å². The Morgan fingerprint density at radius 3 is 2.93 bits per heavy atom. The second-order valence-corrected chi connectivity index (χ2v) is 7.13. The summed E-state index contributed by atoms with van der Waals surface area (Å²) in [7, 11) is 0. The van der Waals surface area contributed by atoms with E-state index in [-0.39, 0.29) is 11.8 Å². The Morgan fingerprint density at radius 1 is 1.28 bits per heavy atom. The van der Waals surface area contributed by atoms with Gasteiger partial charge in [-0.25, -0.2) is 15.0 Å². The summed E-state index contributed by atoms with van der Waals surface area (Å²) >= 11 is 0. The zero-order chi connectivity index (χ0) is 20.2. The minimum Gasteiger partial charge on any atom is -0.435 e. The maximum atomic E-state index is 13.0. The molecule has 0 spiro atoms. The average molecular weight is 392 g/mol. The highest BCUT2D eigenvalue weighted by Crippen LogP contribution is 2.28. The maximum Gasteiger partial charge on any atom is 0.291 e. The third kappa shape index (κ3) is 4.26. The number of piperidine rings is 1. The number of likely N-dealkylation sites (tertiary alicyclic amines) is 1. The molecule has 0 bridgehead atoms. The number of pyridine rings is 1. The topological polar surface area (TPSA) is 97.0 Å². The smallest absolute Gasteiger partial charge is 0.291 e. The van der Waals surface area contributed by atoms with Gasteiger partial charge in [0.25, 0.3) is 5.91 Å². The van der Waals surface area contributed by atoms with Gasteiger partial charge in [0.1, 0.15) is 11.6 Å². The third-order valence-corrected chi connectivity index (χ3v) is 5.05. The number of hydrogen-bond acceptors (Lipinski definition) is 7. The van der Waals surface area contributed by atoms with Crippen LogP contribution in [0.4, 0.5) is 11.6 Å². The first kappa shape index (κ1) is 19.0. The molecule has 0 aliphatic carbocycles. The first-order valence-electron chi connectivity index (χ1n) is 9.89. The van der Waals surface area contributed by atoms with Gasteiger partial charge >= 0.3 is 0 Å². The molecular formula is C21H24N6O2. The van der Waals surface area contributed by atoms with Crippen molar-refractivity contribution >= 4 is 17.5 Å². The Hall–Kier alpha value is -3.29. The Morgan fingerprint density at radius 2 is 2.17 bits per heavy atom. The van der Waals surface area contributed by atoms with Crippen LogP contribution < -0.4 is 5.32 Å². The highest BCUT2D eigenvalue weighted by atomic mass is 16.4. The normalized spacial score (nSPS) is 16.6. The zero-order valence-electron chi connectivity index (χ0n) is 16.6. The summed E-state index contributed by atoms with van der Waals surface area (Å²) in [5.74, 6) is 2.39. The van der Waals surface area contributed by atoms with Gasteiger partial charge in [-0.05, 0) is 31.9 Å². The fraction of sp³-hybridized carbons (Fsp3) is 0.381. The number of nitrogens with zero attached hydrogens (tertiary/aromatic N) is 5. The van der Waals surface area contributed by atoms with Crippen molar-refractivity contribution in [2.24, 2.45) is 0 Å². The van der Waals surface area contributed by atoms with Crippen LogP contribution in [-0.4, -0.2) is 43.8 Å². The molecule has 1 aliphatic heterocycles. The van der Waals surface area contributed by atoms with Crippen LogP contribution in [0.5, 0.6) is 0 Å². The van der Waals surface area contributed by atoms with Gasteiger partial charge in [0.2, 0.25) is 5.76 Å². The molecule has 3 aromatic rings. The van der Waals surface area contributed by atoms with Crippen molar-refractivity contribution in [1.82, 2.24) is 24.8 Å². The van der Waals surface area contributed by atoms with E-state index in [2.05, 4.69) is 20.3 Å². The molecule has 8 heteroatoms. The molecule has 1 N–H and O–H groups in total. The minimum atomic E-state index is -0.0896. The molecule has 1 amide bonds. The lowest BCUT2D eigenvalue weighted by molar-refractivity contribution is 0.0671. The van der Waals surface area contributed by atoms with Gasteiger partial charge in [0.15, 0.2) is 5.89 Å². The first-order valence-corrected chi connectivity index (χ1v) is 9.89. The van der Waals surface area contributed by atoms with E-state index < -0.39 is 0 Å². The largest absolute Gasteiger partial charge is 0.435 e. The highest BCUT2D eigenvalue weighted by molar-refractivity contribution is 5.92.